The molecule has 36 heavy (non-hydrogen) atoms. The summed E-state index contributed by atoms with van der Waals surface area (Å²) in [5, 5.41) is 21.4. The minimum Gasteiger partial charge on any atom is -0.508 e. The van der Waals surface area contributed by atoms with Gasteiger partial charge in [-0.2, -0.15) is 0 Å². The molecule has 1 heterocycles. The highest BCUT2D eigenvalue weighted by Gasteiger charge is 2.47. The van der Waals surface area contributed by atoms with E-state index in [1.54, 1.807) is 24.3 Å². The molecule has 1 atom stereocenters. The van der Waals surface area contributed by atoms with Crippen molar-refractivity contribution in [1.29, 1.82) is 0 Å². The van der Waals surface area contributed by atoms with Crippen molar-refractivity contribution in [3.8, 4) is 17.2 Å². The molecule has 0 radical (unpaired) electrons. The van der Waals surface area contributed by atoms with E-state index in [2.05, 4.69) is 0 Å². The van der Waals surface area contributed by atoms with Crippen LogP contribution in [0.1, 0.15) is 28.3 Å². The van der Waals surface area contributed by atoms with Crippen LogP contribution in [0.25, 0.3) is 5.76 Å². The van der Waals surface area contributed by atoms with Crippen LogP contribution in [-0.2, 0) is 9.59 Å². The summed E-state index contributed by atoms with van der Waals surface area (Å²) >= 11 is 12.7. The molecule has 1 aliphatic rings. The average Bonchev–Trinajstić information content (AvgIpc) is 3.09. The van der Waals surface area contributed by atoms with Crippen LogP contribution in [0.15, 0.2) is 54.1 Å². The minimum absolute atomic E-state index is 0.00114. The summed E-state index contributed by atoms with van der Waals surface area (Å²) in [6, 6.07) is 11.9. The van der Waals surface area contributed by atoms with E-state index in [0.29, 0.717) is 11.3 Å². The van der Waals surface area contributed by atoms with Gasteiger partial charge >= 0.3 is 0 Å². The van der Waals surface area contributed by atoms with Gasteiger partial charge in [-0.15, -0.1) is 0 Å². The van der Waals surface area contributed by atoms with E-state index in [1.807, 2.05) is 19.9 Å². The number of carbonyl (C=O) groups is 2. The number of benzene rings is 3. The fourth-order valence-electron chi connectivity index (χ4n) is 4.45. The number of rotatable bonds is 5. The molecule has 0 saturated carbocycles. The number of ketones is 1. The quantitative estimate of drug-likeness (QED) is 0.241. The largest absolute Gasteiger partial charge is 0.508 e. The molecule has 2 N–H and O–H groups in total. The SMILES string of the molecule is COc1c(Cl)cc(/C(O)=C2\C(=O)C(=O)N(c3cc(C)cc(C)c3)C2c2ccc(O)cc2)c(OC)c1Cl. The number of Topliss-reactive ketones (excluding diaryl/α,β-unsaturated/α-hetero) is 1. The van der Waals surface area contributed by atoms with Crippen LogP contribution in [0.2, 0.25) is 10.0 Å². The molecule has 7 nitrogen and oxygen atoms in total. The normalized spacial score (nSPS) is 16.9. The van der Waals surface area contributed by atoms with Crippen LogP contribution in [0.5, 0.6) is 17.2 Å². The third kappa shape index (κ3) is 4.25. The summed E-state index contributed by atoms with van der Waals surface area (Å²) in [5.41, 5.74) is 2.62. The summed E-state index contributed by atoms with van der Waals surface area (Å²) in [4.78, 5) is 28.2. The van der Waals surface area contributed by atoms with Gasteiger partial charge in [0.25, 0.3) is 11.7 Å². The number of hydrogen-bond acceptors (Lipinski definition) is 6. The lowest BCUT2D eigenvalue weighted by molar-refractivity contribution is -0.132. The Morgan fingerprint density at radius 2 is 1.50 bits per heavy atom. The van der Waals surface area contributed by atoms with E-state index < -0.39 is 23.5 Å². The first-order valence-electron chi connectivity index (χ1n) is 10.9. The maximum atomic E-state index is 13.4. The van der Waals surface area contributed by atoms with Gasteiger partial charge in [0, 0.05) is 5.69 Å². The number of halogens is 2. The highest BCUT2D eigenvalue weighted by atomic mass is 35.5. The smallest absolute Gasteiger partial charge is 0.300 e. The predicted molar refractivity (Wildman–Crippen MR) is 138 cm³/mol. The maximum absolute atomic E-state index is 13.4. The number of aliphatic hydroxyl groups is 1. The van der Waals surface area contributed by atoms with Crippen LogP contribution < -0.4 is 14.4 Å². The van der Waals surface area contributed by atoms with E-state index in [-0.39, 0.29) is 38.4 Å². The molecule has 0 aromatic heterocycles. The topological polar surface area (TPSA) is 96.3 Å². The van der Waals surface area contributed by atoms with E-state index in [0.717, 1.165) is 11.1 Å². The van der Waals surface area contributed by atoms with E-state index >= 15 is 0 Å². The number of aryl methyl sites for hydroxylation is 2. The van der Waals surface area contributed by atoms with Gasteiger partial charge < -0.3 is 19.7 Å². The second-order valence-corrected chi connectivity index (χ2v) is 9.18. The number of carbonyl (C=O) groups excluding carboxylic acids is 2. The van der Waals surface area contributed by atoms with E-state index in [4.69, 9.17) is 32.7 Å². The van der Waals surface area contributed by atoms with Crippen molar-refractivity contribution in [2.24, 2.45) is 0 Å². The number of anilines is 1. The molecule has 3 aromatic carbocycles. The maximum Gasteiger partial charge on any atom is 0.300 e. The second kappa shape index (κ2) is 9.76. The number of phenolic OH excluding ortho intramolecular Hbond substituents is 1. The number of nitrogens with zero attached hydrogens (tertiary/aromatic N) is 1. The third-order valence-electron chi connectivity index (χ3n) is 5.93. The van der Waals surface area contributed by atoms with Gasteiger partial charge in [-0.3, -0.25) is 14.5 Å². The monoisotopic (exact) mass is 527 g/mol. The summed E-state index contributed by atoms with van der Waals surface area (Å²) in [6.45, 7) is 3.77. The van der Waals surface area contributed by atoms with Gasteiger partial charge in [0.15, 0.2) is 11.5 Å². The summed E-state index contributed by atoms with van der Waals surface area (Å²) < 4.78 is 10.6. The van der Waals surface area contributed by atoms with Crippen molar-refractivity contribution in [2.45, 2.75) is 19.9 Å². The zero-order chi connectivity index (χ0) is 26.3. The first-order valence-corrected chi connectivity index (χ1v) is 11.6. The molecule has 0 aliphatic carbocycles. The lowest BCUT2D eigenvalue weighted by atomic mass is 9.94. The zero-order valence-electron chi connectivity index (χ0n) is 19.9. The third-order valence-corrected chi connectivity index (χ3v) is 6.56. The molecule has 4 rings (SSSR count). The van der Waals surface area contributed by atoms with Gasteiger partial charge in [-0.1, -0.05) is 41.4 Å². The highest BCUT2D eigenvalue weighted by Crippen LogP contribution is 2.48. The predicted octanol–water partition coefficient (Wildman–Crippen LogP) is 5.96. The average molecular weight is 528 g/mol. The molecule has 1 fully saturated rings. The van der Waals surface area contributed by atoms with Gasteiger partial charge in [0.1, 0.15) is 16.5 Å². The number of ether oxygens (including phenoxy) is 2. The van der Waals surface area contributed by atoms with Crippen molar-refractivity contribution in [2.75, 3.05) is 19.1 Å². The molecule has 0 spiro atoms. The molecule has 1 unspecified atom stereocenters. The minimum atomic E-state index is -1.00. The molecule has 1 amide bonds. The molecule has 186 valence electrons. The Balaban J connectivity index is 2.03. The first-order chi connectivity index (χ1) is 17.1. The standard InChI is InChI=1S/C27H23Cl2NO6/c1-13-9-14(2)11-16(10-13)30-22(15-5-7-17(31)8-6-15)20(24(33)27(30)34)23(32)18-12-19(28)26(36-4)21(29)25(18)35-3/h5-12,22,31-32H,1-4H3/b23-20+. The van der Waals surface area contributed by atoms with Crippen LogP contribution in [0, 0.1) is 13.8 Å². The van der Waals surface area contributed by atoms with Crippen LogP contribution >= 0.6 is 23.2 Å². The van der Waals surface area contributed by atoms with Gasteiger partial charge in [-0.25, -0.2) is 0 Å². The van der Waals surface area contributed by atoms with Crippen LogP contribution in [0.3, 0.4) is 0 Å². The molecule has 3 aromatic rings. The molecular formula is C27H23Cl2NO6. The summed E-state index contributed by atoms with van der Waals surface area (Å²) in [6.07, 6.45) is 0. The highest BCUT2D eigenvalue weighted by molar-refractivity contribution is 6.52. The van der Waals surface area contributed by atoms with Crippen molar-refractivity contribution in [3.63, 3.8) is 0 Å². The molecule has 1 aliphatic heterocycles. The van der Waals surface area contributed by atoms with E-state index in [1.165, 1.54) is 37.3 Å². The van der Waals surface area contributed by atoms with Crippen molar-refractivity contribution < 1.29 is 29.3 Å². The number of aliphatic hydroxyl groups excluding tert-OH is 1. The Morgan fingerprint density at radius 1 is 0.917 bits per heavy atom. The number of methoxy groups -OCH3 is 2. The Hall–Kier alpha value is -3.68. The fraction of sp³-hybridized carbons (Fsp3) is 0.185. The van der Waals surface area contributed by atoms with Crippen molar-refractivity contribution in [1.82, 2.24) is 0 Å². The first kappa shape index (κ1) is 25.4. The van der Waals surface area contributed by atoms with Crippen LogP contribution in [-0.4, -0.2) is 36.1 Å². The summed E-state index contributed by atoms with van der Waals surface area (Å²) in [7, 11) is 2.73. The van der Waals surface area contributed by atoms with Crippen molar-refractivity contribution >= 4 is 46.3 Å². The molecule has 9 heteroatoms. The Labute approximate surface area is 218 Å². The van der Waals surface area contributed by atoms with E-state index in [9.17, 15) is 19.8 Å². The van der Waals surface area contributed by atoms with Crippen LogP contribution in [0.4, 0.5) is 5.69 Å². The van der Waals surface area contributed by atoms with Crippen molar-refractivity contribution in [3.05, 3.63) is 86.4 Å². The number of aromatic hydroxyl groups is 1. The number of amides is 1. The Kier molecular flexibility index (Phi) is 6.89. The second-order valence-electron chi connectivity index (χ2n) is 8.39. The van der Waals surface area contributed by atoms with Gasteiger partial charge in [-0.05, 0) is 60.9 Å². The lowest BCUT2D eigenvalue weighted by Crippen LogP contribution is -2.29. The van der Waals surface area contributed by atoms with Gasteiger partial charge in [0.05, 0.1) is 36.4 Å². The Bertz CT molecular complexity index is 1390. The van der Waals surface area contributed by atoms with Gasteiger partial charge in [0.2, 0.25) is 0 Å². The fourth-order valence-corrected chi connectivity index (χ4v) is 5.14. The molecule has 1 saturated heterocycles. The molecule has 0 bridgehead atoms. The zero-order valence-corrected chi connectivity index (χ0v) is 21.4. The Morgan fingerprint density at radius 3 is 2.06 bits per heavy atom. The number of hydrogen-bond donors (Lipinski definition) is 2. The lowest BCUT2D eigenvalue weighted by Gasteiger charge is -2.26. The number of phenols is 1. The molecular weight excluding hydrogens is 505 g/mol. The summed E-state index contributed by atoms with van der Waals surface area (Å²) in [5.74, 6) is -2.05.